The molecular formula is C25H42N3O3+. The van der Waals surface area contributed by atoms with Crippen LogP contribution in [0.5, 0.6) is 0 Å². The van der Waals surface area contributed by atoms with Crippen LogP contribution in [0.3, 0.4) is 0 Å². The largest absolute Gasteiger partial charge is 0.370 e. The first kappa shape index (κ1) is 21.7. The minimum atomic E-state index is -0.338. The lowest BCUT2D eigenvalue weighted by atomic mass is 9.47. The van der Waals surface area contributed by atoms with Crippen molar-refractivity contribution >= 4 is 11.8 Å². The Morgan fingerprint density at radius 2 is 1.55 bits per heavy atom. The second kappa shape index (κ2) is 9.38. The molecule has 6 fully saturated rings. The van der Waals surface area contributed by atoms with Crippen LogP contribution < -0.4 is 15.5 Å². The van der Waals surface area contributed by atoms with Crippen molar-refractivity contribution in [3.05, 3.63) is 0 Å². The quantitative estimate of drug-likeness (QED) is 0.568. The fourth-order valence-corrected chi connectivity index (χ4v) is 8.03. The van der Waals surface area contributed by atoms with Gasteiger partial charge in [0.15, 0.2) is 0 Å². The molecule has 6 aliphatic rings. The Balaban J connectivity index is 1.26. The predicted octanol–water partition coefficient (Wildman–Crippen LogP) is 1.30. The average molecular weight is 433 g/mol. The van der Waals surface area contributed by atoms with Crippen LogP contribution in [0, 0.1) is 29.1 Å². The lowest BCUT2D eigenvalue weighted by Gasteiger charge is -2.59. The molecule has 0 spiro atoms. The fourth-order valence-electron chi connectivity index (χ4n) is 8.03. The van der Waals surface area contributed by atoms with E-state index in [0.29, 0.717) is 6.54 Å². The van der Waals surface area contributed by atoms with Gasteiger partial charge in [-0.2, -0.15) is 0 Å². The van der Waals surface area contributed by atoms with Crippen LogP contribution in [-0.2, 0) is 14.3 Å². The van der Waals surface area contributed by atoms with Crippen molar-refractivity contribution < 1.29 is 19.2 Å². The summed E-state index contributed by atoms with van der Waals surface area (Å²) in [6.07, 6.45) is 13.0. The molecule has 3 N–H and O–H groups in total. The molecule has 0 radical (unpaired) electrons. The second-order valence-electron chi connectivity index (χ2n) is 11.5. The summed E-state index contributed by atoms with van der Waals surface area (Å²) in [6, 6.07) is -0.338. The third kappa shape index (κ3) is 4.80. The fraction of sp³-hybridized carbons (Fsp3) is 0.920. The number of hydrogen-bond donors (Lipinski definition) is 3. The first-order valence-corrected chi connectivity index (χ1v) is 13.1. The average Bonchev–Trinajstić information content (AvgIpc) is 2.77. The van der Waals surface area contributed by atoms with Gasteiger partial charge in [-0.1, -0.05) is 19.3 Å². The van der Waals surface area contributed by atoms with Gasteiger partial charge in [0.05, 0.1) is 26.3 Å². The van der Waals surface area contributed by atoms with Crippen LogP contribution in [0.15, 0.2) is 0 Å². The molecule has 4 bridgehead atoms. The predicted molar refractivity (Wildman–Crippen MR) is 119 cm³/mol. The Bertz CT molecular complexity index is 619. The highest BCUT2D eigenvalue weighted by atomic mass is 16.5. The summed E-state index contributed by atoms with van der Waals surface area (Å²) < 4.78 is 5.45. The standard InChI is InChI=1S/C25H41N3O3/c29-23(21-4-2-1-3-5-21)27-22(24(30)26-6-7-28-8-10-31-11-9-28)25-15-18-12-19(16-25)14-20(13-18)17-25/h18-22H,1-17H2,(H,26,30)(H,27,29)/p+1/t18?,19?,20?,22-,25?/m1/s1. The van der Waals surface area contributed by atoms with Gasteiger partial charge in [0.25, 0.3) is 0 Å². The number of nitrogens with one attached hydrogen (secondary N) is 3. The Hall–Kier alpha value is -1.14. The zero-order chi connectivity index (χ0) is 21.3. The maximum Gasteiger partial charge on any atom is 0.243 e. The summed E-state index contributed by atoms with van der Waals surface area (Å²) in [5, 5.41) is 6.60. The number of amides is 2. The van der Waals surface area contributed by atoms with Gasteiger partial charge in [-0.15, -0.1) is 0 Å². The van der Waals surface area contributed by atoms with E-state index in [4.69, 9.17) is 4.74 Å². The molecule has 5 aliphatic carbocycles. The lowest BCUT2D eigenvalue weighted by molar-refractivity contribution is -0.906. The molecule has 5 saturated carbocycles. The molecule has 1 heterocycles. The molecule has 2 amide bonds. The summed E-state index contributed by atoms with van der Waals surface area (Å²) in [6.45, 7) is 5.31. The van der Waals surface area contributed by atoms with Crippen LogP contribution >= 0.6 is 0 Å². The minimum absolute atomic E-state index is 0.00498. The highest BCUT2D eigenvalue weighted by Crippen LogP contribution is 2.61. The van der Waals surface area contributed by atoms with Crippen LogP contribution in [0.1, 0.15) is 70.6 Å². The van der Waals surface area contributed by atoms with E-state index >= 15 is 0 Å². The number of rotatable bonds is 7. The first-order valence-electron chi connectivity index (χ1n) is 13.1. The van der Waals surface area contributed by atoms with Crippen molar-refractivity contribution in [3.8, 4) is 0 Å². The zero-order valence-corrected chi connectivity index (χ0v) is 19.1. The number of carbonyl (C=O) groups is 2. The van der Waals surface area contributed by atoms with Gasteiger partial charge in [0, 0.05) is 11.3 Å². The normalized spacial score (nSPS) is 36.8. The number of carbonyl (C=O) groups excluding carboxylic acids is 2. The van der Waals surface area contributed by atoms with Crippen molar-refractivity contribution in [1.82, 2.24) is 10.6 Å². The summed E-state index contributed by atoms with van der Waals surface area (Å²) in [7, 11) is 0. The summed E-state index contributed by atoms with van der Waals surface area (Å²) in [5.41, 5.74) is -0.00498. The third-order valence-electron chi connectivity index (χ3n) is 9.20. The second-order valence-corrected chi connectivity index (χ2v) is 11.5. The van der Waals surface area contributed by atoms with E-state index in [2.05, 4.69) is 10.6 Å². The number of ether oxygens (including phenoxy) is 1. The molecule has 0 aromatic heterocycles. The third-order valence-corrected chi connectivity index (χ3v) is 9.20. The topological polar surface area (TPSA) is 71.9 Å². The van der Waals surface area contributed by atoms with E-state index in [0.717, 1.165) is 95.5 Å². The minimum Gasteiger partial charge on any atom is -0.370 e. The molecule has 6 rings (SSSR count). The van der Waals surface area contributed by atoms with E-state index in [1.54, 1.807) is 0 Å². The van der Waals surface area contributed by atoms with Gasteiger partial charge in [-0.25, -0.2) is 0 Å². The monoisotopic (exact) mass is 432 g/mol. The number of hydrogen-bond acceptors (Lipinski definition) is 3. The molecule has 6 nitrogen and oxygen atoms in total. The molecule has 174 valence electrons. The number of morpholine rings is 1. The molecule has 1 aliphatic heterocycles. The van der Waals surface area contributed by atoms with E-state index in [1.807, 2.05) is 0 Å². The molecule has 1 atom stereocenters. The van der Waals surface area contributed by atoms with Crippen LogP contribution in [0.4, 0.5) is 0 Å². The van der Waals surface area contributed by atoms with E-state index in [1.165, 1.54) is 30.6 Å². The van der Waals surface area contributed by atoms with Gasteiger partial charge in [-0.05, 0) is 69.1 Å². The van der Waals surface area contributed by atoms with Crippen molar-refractivity contribution in [1.29, 1.82) is 0 Å². The Labute approximate surface area is 187 Å². The summed E-state index contributed by atoms with van der Waals surface area (Å²) in [4.78, 5) is 28.3. The van der Waals surface area contributed by atoms with Gasteiger partial charge >= 0.3 is 0 Å². The van der Waals surface area contributed by atoms with Crippen LogP contribution in [0.25, 0.3) is 0 Å². The van der Waals surface area contributed by atoms with Crippen molar-refractivity contribution in [2.75, 3.05) is 39.4 Å². The number of quaternary nitrogens is 1. The summed E-state index contributed by atoms with van der Waals surface area (Å²) >= 11 is 0. The highest BCUT2D eigenvalue weighted by molar-refractivity contribution is 5.89. The van der Waals surface area contributed by atoms with Crippen LogP contribution in [0.2, 0.25) is 0 Å². The molecule has 0 aromatic carbocycles. The van der Waals surface area contributed by atoms with E-state index < -0.39 is 0 Å². The smallest absolute Gasteiger partial charge is 0.243 e. The molecule has 6 heteroatoms. The molecule has 1 saturated heterocycles. The van der Waals surface area contributed by atoms with E-state index in [9.17, 15) is 9.59 Å². The Kier molecular flexibility index (Phi) is 6.57. The van der Waals surface area contributed by atoms with Crippen molar-refractivity contribution in [3.63, 3.8) is 0 Å². The van der Waals surface area contributed by atoms with Gasteiger partial charge in [0.1, 0.15) is 19.1 Å². The van der Waals surface area contributed by atoms with Gasteiger partial charge < -0.3 is 20.3 Å². The van der Waals surface area contributed by atoms with Crippen LogP contribution in [-0.4, -0.2) is 57.2 Å². The van der Waals surface area contributed by atoms with Crippen molar-refractivity contribution in [2.45, 2.75) is 76.7 Å². The molecule has 0 unspecified atom stereocenters. The summed E-state index contributed by atoms with van der Waals surface area (Å²) in [5.74, 6) is 2.65. The van der Waals surface area contributed by atoms with Gasteiger partial charge in [0.2, 0.25) is 11.8 Å². The molecule has 31 heavy (non-hydrogen) atoms. The lowest BCUT2D eigenvalue weighted by Crippen LogP contribution is -3.14. The maximum atomic E-state index is 13.6. The van der Waals surface area contributed by atoms with Gasteiger partial charge in [-0.3, -0.25) is 9.59 Å². The SMILES string of the molecule is O=C(N[C@H](C(=O)NCC[NH+]1CCOCC1)C12CC3CC(CC(C3)C1)C2)C1CCCCC1. The zero-order valence-electron chi connectivity index (χ0n) is 19.1. The Morgan fingerprint density at radius 3 is 2.16 bits per heavy atom. The maximum absolute atomic E-state index is 13.6. The highest BCUT2D eigenvalue weighted by Gasteiger charge is 2.56. The molecular weight excluding hydrogens is 390 g/mol. The van der Waals surface area contributed by atoms with Crippen molar-refractivity contribution in [2.24, 2.45) is 29.1 Å². The first-order chi connectivity index (χ1) is 15.1. The van der Waals surface area contributed by atoms with E-state index in [-0.39, 0.29) is 29.2 Å². The molecule has 0 aromatic rings. The Morgan fingerprint density at radius 1 is 0.935 bits per heavy atom.